The predicted molar refractivity (Wildman–Crippen MR) is 115 cm³/mol. The number of methoxy groups -OCH3 is 2. The first-order chi connectivity index (χ1) is 13.8. The molecule has 0 spiro atoms. The van der Waals surface area contributed by atoms with Gasteiger partial charge in [0.1, 0.15) is 10.7 Å². The molecule has 1 aromatic carbocycles. The van der Waals surface area contributed by atoms with Crippen LogP contribution in [0.4, 0.5) is 0 Å². The monoisotopic (exact) mass is 413 g/mol. The van der Waals surface area contributed by atoms with E-state index in [0.29, 0.717) is 23.1 Å². The zero-order valence-corrected chi connectivity index (χ0v) is 18.4. The van der Waals surface area contributed by atoms with Gasteiger partial charge >= 0.3 is 0 Å². The molecule has 6 nitrogen and oxygen atoms in total. The van der Waals surface area contributed by atoms with Gasteiger partial charge in [-0.05, 0) is 48.8 Å². The zero-order valence-electron chi connectivity index (χ0n) is 17.5. The van der Waals surface area contributed by atoms with Crippen molar-refractivity contribution in [3.05, 3.63) is 29.3 Å². The van der Waals surface area contributed by atoms with Gasteiger partial charge in [0.05, 0.1) is 14.2 Å². The maximum Gasteiger partial charge on any atom is 0.290 e. The van der Waals surface area contributed by atoms with Gasteiger partial charge in [-0.25, -0.2) is 10.4 Å². The molecule has 7 heteroatoms. The highest BCUT2D eigenvalue weighted by atomic mass is 32.1. The van der Waals surface area contributed by atoms with E-state index in [-0.39, 0.29) is 16.7 Å². The van der Waals surface area contributed by atoms with E-state index in [1.807, 2.05) is 18.2 Å². The number of hydrogen-bond donors (Lipinski definition) is 1. The van der Waals surface area contributed by atoms with E-state index >= 15 is 0 Å². The normalized spacial score (nSPS) is 26.0. The van der Waals surface area contributed by atoms with Crippen LogP contribution >= 0.6 is 11.3 Å². The largest absolute Gasteiger partial charge is 0.493 e. The lowest BCUT2D eigenvalue weighted by molar-refractivity contribution is 0.0949. The van der Waals surface area contributed by atoms with Crippen molar-refractivity contribution in [3.8, 4) is 22.1 Å². The van der Waals surface area contributed by atoms with Crippen molar-refractivity contribution in [1.82, 2.24) is 10.4 Å². The number of carbonyl (C=O) groups is 1. The van der Waals surface area contributed by atoms with Gasteiger partial charge < -0.3 is 9.47 Å². The van der Waals surface area contributed by atoms with E-state index in [1.54, 1.807) is 19.6 Å². The molecule has 2 fully saturated rings. The van der Waals surface area contributed by atoms with Crippen LogP contribution in [-0.4, -0.2) is 30.8 Å². The summed E-state index contributed by atoms with van der Waals surface area (Å²) >= 11 is 1.42. The molecule has 4 rings (SSSR count). The lowest BCUT2D eigenvalue weighted by Crippen LogP contribution is -2.34. The van der Waals surface area contributed by atoms with Crippen LogP contribution in [0.3, 0.4) is 0 Å². The lowest BCUT2D eigenvalue weighted by Gasteiger charge is -2.34. The Morgan fingerprint density at radius 1 is 1.24 bits per heavy atom. The molecule has 0 aliphatic heterocycles. The number of hydrogen-bond acceptors (Lipinski definition) is 6. The molecule has 2 bridgehead atoms. The Kier molecular flexibility index (Phi) is 4.89. The van der Waals surface area contributed by atoms with Crippen molar-refractivity contribution in [2.75, 3.05) is 14.2 Å². The van der Waals surface area contributed by atoms with Crippen molar-refractivity contribution >= 4 is 23.0 Å². The Morgan fingerprint density at radius 2 is 2.00 bits per heavy atom. The van der Waals surface area contributed by atoms with E-state index in [4.69, 9.17) is 9.47 Å². The van der Waals surface area contributed by atoms with Gasteiger partial charge in [-0.2, -0.15) is 5.10 Å². The SMILES string of the molecule is COc1ccc(-c2nc(C(=O)N/N=C3/C[C@H]4CC[C@]3(C)C4(C)C)cs2)cc1OC. The summed E-state index contributed by atoms with van der Waals surface area (Å²) in [5, 5.41) is 7.03. The van der Waals surface area contributed by atoms with Crippen LogP contribution in [0.25, 0.3) is 10.6 Å². The Labute approximate surface area is 175 Å². The number of aromatic nitrogens is 1. The fraction of sp³-hybridized carbons (Fsp3) is 0.500. The number of thiazole rings is 1. The quantitative estimate of drug-likeness (QED) is 0.718. The van der Waals surface area contributed by atoms with Gasteiger partial charge in [0.15, 0.2) is 11.5 Å². The van der Waals surface area contributed by atoms with Gasteiger partial charge in [-0.1, -0.05) is 20.8 Å². The van der Waals surface area contributed by atoms with Crippen molar-refractivity contribution in [1.29, 1.82) is 0 Å². The number of fused-ring (bicyclic) bond motifs is 2. The third-order valence-electron chi connectivity index (χ3n) is 7.17. The number of carbonyl (C=O) groups excluding carboxylic acids is 1. The van der Waals surface area contributed by atoms with Crippen LogP contribution in [0.1, 0.15) is 50.5 Å². The Balaban J connectivity index is 1.50. The molecule has 2 aromatic rings. The summed E-state index contributed by atoms with van der Waals surface area (Å²) in [4.78, 5) is 17.1. The molecule has 2 atom stereocenters. The molecule has 1 amide bonds. The van der Waals surface area contributed by atoms with Gasteiger partial charge in [0, 0.05) is 22.1 Å². The minimum Gasteiger partial charge on any atom is -0.493 e. The lowest BCUT2D eigenvalue weighted by atomic mass is 9.70. The van der Waals surface area contributed by atoms with Gasteiger partial charge in [0.2, 0.25) is 0 Å². The molecule has 1 aromatic heterocycles. The summed E-state index contributed by atoms with van der Waals surface area (Å²) in [6, 6.07) is 5.59. The maximum atomic E-state index is 12.6. The van der Waals surface area contributed by atoms with E-state index in [0.717, 1.165) is 29.1 Å². The van der Waals surface area contributed by atoms with E-state index in [9.17, 15) is 4.79 Å². The van der Waals surface area contributed by atoms with E-state index in [1.165, 1.54) is 17.8 Å². The number of nitrogens with one attached hydrogen (secondary N) is 1. The number of ether oxygens (including phenoxy) is 2. The molecule has 1 N–H and O–H groups in total. The number of amides is 1. The van der Waals surface area contributed by atoms with Crippen LogP contribution in [0, 0.1) is 16.7 Å². The maximum absolute atomic E-state index is 12.6. The van der Waals surface area contributed by atoms with Crippen LogP contribution < -0.4 is 14.9 Å². The fourth-order valence-electron chi connectivity index (χ4n) is 4.75. The molecule has 154 valence electrons. The smallest absolute Gasteiger partial charge is 0.290 e. The van der Waals surface area contributed by atoms with Crippen molar-refractivity contribution < 1.29 is 14.3 Å². The third kappa shape index (κ3) is 3.12. The first-order valence-corrected chi connectivity index (χ1v) is 10.7. The molecule has 0 unspecified atom stereocenters. The molecular formula is C22H27N3O3S. The zero-order chi connectivity index (χ0) is 20.8. The molecule has 1 heterocycles. The summed E-state index contributed by atoms with van der Waals surface area (Å²) < 4.78 is 10.6. The second-order valence-electron chi connectivity index (χ2n) is 8.60. The Hall–Kier alpha value is -2.41. The summed E-state index contributed by atoms with van der Waals surface area (Å²) in [5.41, 5.74) is 5.40. The van der Waals surface area contributed by atoms with Crippen LogP contribution in [0.5, 0.6) is 11.5 Å². The first kappa shape index (κ1) is 19.9. The average Bonchev–Trinajstić information content (AvgIpc) is 3.34. The summed E-state index contributed by atoms with van der Waals surface area (Å²) in [7, 11) is 3.20. The van der Waals surface area contributed by atoms with E-state index in [2.05, 4.69) is 36.3 Å². The molecule has 2 saturated carbocycles. The van der Waals surface area contributed by atoms with Crippen molar-refractivity contribution in [3.63, 3.8) is 0 Å². The molecule has 29 heavy (non-hydrogen) atoms. The molecule has 2 aliphatic carbocycles. The van der Waals surface area contributed by atoms with Crippen LogP contribution in [0.15, 0.2) is 28.7 Å². The Bertz CT molecular complexity index is 981. The molecular weight excluding hydrogens is 386 g/mol. The fourth-order valence-corrected chi connectivity index (χ4v) is 5.55. The number of benzene rings is 1. The van der Waals surface area contributed by atoms with E-state index < -0.39 is 0 Å². The molecule has 2 aliphatic rings. The Morgan fingerprint density at radius 3 is 2.62 bits per heavy atom. The number of hydrazone groups is 1. The topological polar surface area (TPSA) is 72.8 Å². The predicted octanol–water partition coefficient (Wildman–Crippen LogP) is 4.76. The van der Waals surface area contributed by atoms with Gasteiger partial charge in [0.25, 0.3) is 5.91 Å². The third-order valence-corrected chi connectivity index (χ3v) is 8.06. The highest BCUT2D eigenvalue weighted by molar-refractivity contribution is 7.13. The van der Waals surface area contributed by atoms with Crippen LogP contribution in [-0.2, 0) is 0 Å². The second kappa shape index (κ2) is 7.13. The summed E-state index contributed by atoms with van der Waals surface area (Å²) in [5.74, 6) is 1.66. The van der Waals surface area contributed by atoms with Crippen molar-refractivity contribution in [2.45, 2.75) is 40.0 Å². The van der Waals surface area contributed by atoms with Gasteiger partial charge in [-0.3, -0.25) is 4.79 Å². The van der Waals surface area contributed by atoms with Crippen molar-refractivity contribution in [2.24, 2.45) is 21.8 Å². The van der Waals surface area contributed by atoms with Crippen LogP contribution in [0.2, 0.25) is 0 Å². The number of rotatable bonds is 5. The standard InChI is InChI=1S/C22H27N3O3S/c1-21(2)14-8-9-22(21,3)18(11-14)24-25-19(26)15-12-29-20(23-15)13-6-7-16(27-4)17(10-13)28-5/h6-7,10,12,14H,8-9,11H2,1-5H3,(H,25,26)/b24-18-/t14-,22+/m1/s1. The second-order valence-corrected chi connectivity index (χ2v) is 9.46. The molecule has 0 saturated heterocycles. The highest BCUT2D eigenvalue weighted by Gasteiger charge is 2.60. The summed E-state index contributed by atoms with van der Waals surface area (Å²) in [6.07, 6.45) is 3.36. The summed E-state index contributed by atoms with van der Waals surface area (Å²) in [6.45, 7) is 6.93. The highest BCUT2D eigenvalue weighted by Crippen LogP contribution is 2.63. The molecule has 0 radical (unpaired) electrons. The number of nitrogens with zero attached hydrogens (tertiary/aromatic N) is 2. The minimum absolute atomic E-state index is 0.0673. The van der Waals surface area contributed by atoms with Gasteiger partial charge in [-0.15, -0.1) is 11.3 Å². The first-order valence-electron chi connectivity index (χ1n) is 9.85. The average molecular weight is 414 g/mol. The minimum atomic E-state index is -0.273.